The van der Waals surface area contributed by atoms with Crippen molar-refractivity contribution in [2.75, 3.05) is 27.2 Å². The van der Waals surface area contributed by atoms with Gasteiger partial charge in [-0.3, -0.25) is 0 Å². The first kappa shape index (κ1) is 19.8. The van der Waals surface area contributed by atoms with Gasteiger partial charge in [-0.25, -0.2) is 0 Å². The standard InChI is InChI=1S/C20H27BrN2O2/c1-15-5-7-16(8-6-15)14-25-20-18(21)11-17(12-19(20)24-3)13-23-10-4-9-22-2/h5-8,11-12,22-23H,4,9-10,13-14H2,1-3H3. The molecule has 0 amide bonds. The van der Waals surface area contributed by atoms with Crippen LogP contribution in [0.15, 0.2) is 40.9 Å². The van der Waals surface area contributed by atoms with Gasteiger partial charge in [0.05, 0.1) is 11.6 Å². The second kappa shape index (κ2) is 10.4. The maximum atomic E-state index is 6.00. The van der Waals surface area contributed by atoms with Crippen molar-refractivity contribution < 1.29 is 9.47 Å². The highest BCUT2D eigenvalue weighted by atomic mass is 79.9. The van der Waals surface area contributed by atoms with Crippen molar-refractivity contribution in [3.05, 3.63) is 57.6 Å². The fourth-order valence-corrected chi connectivity index (χ4v) is 3.08. The summed E-state index contributed by atoms with van der Waals surface area (Å²) in [5.41, 5.74) is 3.54. The third kappa shape index (κ3) is 6.34. The summed E-state index contributed by atoms with van der Waals surface area (Å²) in [6.07, 6.45) is 1.10. The Morgan fingerprint density at radius 3 is 2.48 bits per heavy atom. The fraction of sp³-hybridized carbons (Fsp3) is 0.400. The molecule has 0 spiro atoms. The number of hydrogen-bond donors (Lipinski definition) is 2. The summed E-state index contributed by atoms with van der Waals surface area (Å²) in [5, 5.41) is 6.59. The third-order valence-electron chi connectivity index (χ3n) is 3.90. The van der Waals surface area contributed by atoms with Crippen LogP contribution in [-0.2, 0) is 13.2 Å². The van der Waals surface area contributed by atoms with Crippen LogP contribution in [-0.4, -0.2) is 27.2 Å². The second-order valence-electron chi connectivity index (χ2n) is 6.02. The molecule has 0 radical (unpaired) electrons. The highest BCUT2D eigenvalue weighted by Crippen LogP contribution is 2.37. The molecule has 0 aromatic heterocycles. The summed E-state index contributed by atoms with van der Waals surface area (Å²) in [5.74, 6) is 1.48. The number of nitrogens with one attached hydrogen (secondary N) is 2. The molecule has 2 N–H and O–H groups in total. The van der Waals surface area contributed by atoms with E-state index in [0.29, 0.717) is 6.61 Å². The zero-order valence-corrected chi connectivity index (χ0v) is 16.8. The molecule has 0 saturated heterocycles. The molecule has 136 valence electrons. The van der Waals surface area contributed by atoms with E-state index in [0.717, 1.165) is 53.2 Å². The smallest absolute Gasteiger partial charge is 0.175 e. The predicted octanol–water partition coefficient (Wildman–Crippen LogP) is 4.04. The van der Waals surface area contributed by atoms with Crippen LogP contribution in [0.4, 0.5) is 0 Å². The molecule has 2 rings (SSSR count). The minimum absolute atomic E-state index is 0.511. The molecule has 2 aromatic carbocycles. The summed E-state index contributed by atoms with van der Waals surface area (Å²) < 4.78 is 12.4. The van der Waals surface area contributed by atoms with Gasteiger partial charge < -0.3 is 20.1 Å². The number of halogens is 1. The van der Waals surface area contributed by atoms with Gasteiger partial charge in [-0.15, -0.1) is 0 Å². The first-order valence-corrected chi connectivity index (χ1v) is 9.33. The van der Waals surface area contributed by atoms with Crippen LogP contribution in [0.2, 0.25) is 0 Å². The average Bonchev–Trinajstić information content (AvgIpc) is 2.61. The van der Waals surface area contributed by atoms with Crippen LogP contribution in [0.3, 0.4) is 0 Å². The van der Waals surface area contributed by atoms with Crippen molar-refractivity contribution in [1.29, 1.82) is 0 Å². The highest BCUT2D eigenvalue weighted by molar-refractivity contribution is 9.10. The van der Waals surface area contributed by atoms with Gasteiger partial charge >= 0.3 is 0 Å². The topological polar surface area (TPSA) is 42.5 Å². The largest absolute Gasteiger partial charge is 0.493 e. The molecule has 0 heterocycles. The number of ether oxygens (including phenoxy) is 2. The summed E-state index contributed by atoms with van der Waals surface area (Å²) in [6.45, 7) is 5.39. The van der Waals surface area contributed by atoms with E-state index in [4.69, 9.17) is 9.47 Å². The molecule has 0 aliphatic heterocycles. The lowest BCUT2D eigenvalue weighted by Crippen LogP contribution is -2.19. The summed E-state index contributed by atoms with van der Waals surface area (Å²) in [4.78, 5) is 0. The lowest BCUT2D eigenvalue weighted by Gasteiger charge is -2.15. The van der Waals surface area contributed by atoms with Crippen LogP contribution < -0.4 is 20.1 Å². The summed E-state index contributed by atoms with van der Waals surface area (Å²) in [7, 11) is 3.64. The number of hydrogen-bond acceptors (Lipinski definition) is 4. The van der Waals surface area contributed by atoms with Crippen molar-refractivity contribution in [2.45, 2.75) is 26.5 Å². The van der Waals surface area contributed by atoms with Gasteiger partial charge in [0, 0.05) is 6.54 Å². The van der Waals surface area contributed by atoms with E-state index in [-0.39, 0.29) is 0 Å². The molecule has 0 aliphatic rings. The Labute approximate surface area is 159 Å². The molecule has 0 saturated carbocycles. The number of benzene rings is 2. The molecular formula is C20H27BrN2O2. The Morgan fingerprint density at radius 1 is 1.04 bits per heavy atom. The minimum atomic E-state index is 0.511. The molecule has 0 unspecified atom stereocenters. The predicted molar refractivity (Wildman–Crippen MR) is 106 cm³/mol. The molecule has 25 heavy (non-hydrogen) atoms. The Hall–Kier alpha value is -1.56. The molecule has 5 heteroatoms. The lowest BCUT2D eigenvalue weighted by molar-refractivity contribution is 0.282. The fourth-order valence-electron chi connectivity index (χ4n) is 2.48. The Bertz CT molecular complexity index is 659. The van der Waals surface area contributed by atoms with E-state index in [2.05, 4.69) is 63.8 Å². The quantitative estimate of drug-likeness (QED) is 0.584. The van der Waals surface area contributed by atoms with E-state index in [9.17, 15) is 0 Å². The lowest BCUT2D eigenvalue weighted by atomic mass is 10.1. The number of aryl methyl sites for hydroxylation is 1. The van der Waals surface area contributed by atoms with Gasteiger partial charge in [0.25, 0.3) is 0 Å². The third-order valence-corrected chi connectivity index (χ3v) is 4.49. The van der Waals surface area contributed by atoms with Crippen molar-refractivity contribution >= 4 is 15.9 Å². The molecule has 0 bridgehead atoms. The normalized spacial score (nSPS) is 10.7. The van der Waals surface area contributed by atoms with E-state index in [1.54, 1.807) is 7.11 Å². The monoisotopic (exact) mass is 406 g/mol. The number of methoxy groups -OCH3 is 1. The number of rotatable bonds is 10. The Balaban J connectivity index is 1.99. The molecule has 4 nitrogen and oxygen atoms in total. The van der Waals surface area contributed by atoms with Gasteiger partial charge in [-0.1, -0.05) is 29.8 Å². The highest BCUT2D eigenvalue weighted by Gasteiger charge is 2.12. The van der Waals surface area contributed by atoms with Gasteiger partial charge in [-0.05, 0) is 72.7 Å². The van der Waals surface area contributed by atoms with E-state index < -0.39 is 0 Å². The molecule has 0 aliphatic carbocycles. The van der Waals surface area contributed by atoms with Crippen LogP contribution in [0.1, 0.15) is 23.1 Å². The second-order valence-corrected chi connectivity index (χ2v) is 6.87. The van der Waals surface area contributed by atoms with Crippen molar-refractivity contribution in [1.82, 2.24) is 10.6 Å². The molecular weight excluding hydrogens is 380 g/mol. The van der Waals surface area contributed by atoms with Crippen LogP contribution >= 0.6 is 15.9 Å². The zero-order chi connectivity index (χ0) is 18.1. The molecule has 0 fully saturated rings. The average molecular weight is 407 g/mol. The van der Waals surface area contributed by atoms with Gasteiger partial charge in [-0.2, -0.15) is 0 Å². The van der Waals surface area contributed by atoms with Crippen molar-refractivity contribution in [3.63, 3.8) is 0 Å². The van der Waals surface area contributed by atoms with E-state index >= 15 is 0 Å². The van der Waals surface area contributed by atoms with E-state index in [1.807, 2.05) is 13.1 Å². The van der Waals surface area contributed by atoms with Crippen LogP contribution in [0.5, 0.6) is 11.5 Å². The maximum absolute atomic E-state index is 6.00. The zero-order valence-electron chi connectivity index (χ0n) is 15.2. The SMILES string of the molecule is CNCCCNCc1cc(Br)c(OCc2ccc(C)cc2)c(OC)c1. The van der Waals surface area contributed by atoms with E-state index in [1.165, 1.54) is 5.56 Å². The van der Waals surface area contributed by atoms with Crippen molar-refractivity contribution in [2.24, 2.45) is 0 Å². The molecule has 0 atom stereocenters. The maximum Gasteiger partial charge on any atom is 0.175 e. The van der Waals surface area contributed by atoms with Crippen LogP contribution in [0.25, 0.3) is 0 Å². The van der Waals surface area contributed by atoms with Crippen molar-refractivity contribution in [3.8, 4) is 11.5 Å². The summed E-state index contributed by atoms with van der Waals surface area (Å²) in [6, 6.07) is 12.5. The Kier molecular flexibility index (Phi) is 8.25. The van der Waals surface area contributed by atoms with Gasteiger partial charge in [0.2, 0.25) is 0 Å². The van der Waals surface area contributed by atoms with Crippen LogP contribution in [0, 0.1) is 6.92 Å². The van der Waals surface area contributed by atoms with Gasteiger partial charge in [0.15, 0.2) is 11.5 Å². The summed E-state index contributed by atoms with van der Waals surface area (Å²) >= 11 is 3.62. The first-order valence-electron chi connectivity index (χ1n) is 8.54. The minimum Gasteiger partial charge on any atom is -0.493 e. The van der Waals surface area contributed by atoms with Gasteiger partial charge in [0.1, 0.15) is 6.61 Å². The Morgan fingerprint density at radius 2 is 1.80 bits per heavy atom. The molecule has 2 aromatic rings. The first-order chi connectivity index (χ1) is 12.1.